The quantitative estimate of drug-likeness (QED) is 0.416. The monoisotopic (exact) mass is 301 g/mol. The van der Waals surface area contributed by atoms with E-state index in [9.17, 15) is 8.78 Å². The molecule has 2 aromatic rings. The molecule has 0 aromatic heterocycles. The number of isothiocyanates is 1. The Morgan fingerprint density at radius 3 is 2.14 bits per heavy atom. The minimum absolute atomic E-state index is 0.408. The topological polar surface area (TPSA) is 12.4 Å². The van der Waals surface area contributed by atoms with Gasteiger partial charge in [0.25, 0.3) is 0 Å². The fraction of sp³-hybridized carbons (Fsp3) is 0.118. The van der Waals surface area contributed by atoms with Crippen LogP contribution in [0.1, 0.15) is 23.6 Å². The number of benzene rings is 2. The van der Waals surface area contributed by atoms with Crippen molar-refractivity contribution in [2.24, 2.45) is 4.99 Å². The summed E-state index contributed by atoms with van der Waals surface area (Å²) in [6, 6.07) is 10.4. The number of hydrogen-bond donors (Lipinski definition) is 0. The molecule has 0 aliphatic heterocycles. The molecule has 4 heteroatoms. The molecule has 0 N–H and O–H groups in total. The second-order valence-electron chi connectivity index (χ2n) is 4.46. The fourth-order valence-electron chi connectivity index (χ4n) is 1.89. The summed E-state index contributed by atoms with van der Waals surface area (Å²) in [6.45, 7) is 2.08. The summed E-state index contributed by atoms with van der Waals surface area (Å²) in [5.74, 6) is -1.51. The molecule has 0 amide bonds. The molecule has 0 fully saturated rings. The summed E-state index contributed by atoms with van der Waals surface area (Å²) in [6.07, 6.45) is 4.43. The normalized spacial score (nSPS) is 10.6. The molecule has 21 heavy (non-hydrogen) atoms. The summed E-state index contributed by atoms with van der Waals surface area (Å²) in [5.41, 5.74) is 2.22. The van der Waals surface area contributed by atoms with Gasteiger partial charge in [0.1, 0.15) is 5.69 Å². The van der Waals surface area contributed by atoms with Crippen LogP contribution in [0.2, 0.25) is 0 Å². The van der Waals surface area contributed by atoms with Crippen LogP contribution in [0.25, 0.3) is 12.2 Å². The van der Waals surface area contributed by atoms with Crippen LogP contribution in [0.15, 0.2) is 41.4 Å². The van der Waals surface area contributed by atoms with Crippen LogP contribution >= 0.6 is 12.2 Å². The van der Waals surface area contributed by atoms with Crippen molar-refractivity contribution in [3.8, 4) is 0 Å². The van der Waals surface area contributed by atoms with E-state index in [1.54, 1.807) is 12.2 Å². The number of aliphatic imine (C=N–C) groups is 1. The maximum Gasteiger partial charge on any atom is 0.153 e. The third-order valence-corrected chi connectivity index (χ3v) is 3.14. The third kappa shape index (κ3) is 3.91. The molecule has 0 radical (unpaired) electrons. The number of rotatable bonds is 4. The number of halogens is 2. The van der Waals surface area contributed by atoms with E-state index in [0.717, 1.165) is 12.0 Å². The number of thiocarbonyl (C=S) groups is 1. The Morgan fingerprint density at radius 1 is 1.05 bits per heavy atom. The Kier molecular flexibility index (Phi) is 5.09. The maximum atomic E-state index is 13.7. The molecule has 0 saturated carbocycles. The molecule has 0 atom stereocenters. The van der Waals surface area contributed by atoms with Crippen molar-refractivity contribution >= 4 is 35.2 Å². The van der Waals surface area contributed by atoms with Crippen LogP contribution in [0.3, 0.4) is 0 Å². The van der Waals surface area contributed by atoms with Gasteiger partial charge >= 0.3 is 0 Å². The van der Waals surface area contributed by atoms with Gasteiger partial charge in [-0.3, -0.25) is 0 Å². The van der Waals surface area contributed by atoms with Crippen molar-refractivity contribution in [3.63, 3.8) is 0 Å². The van der Waals surface area contributed by atoms with Gasteiger partial charge in [-0.1, -0.05) is 43.3 Å². The van der Waals surface area contributed by atoms with Gasteiger partial charge < -0.3 is 0 Å². The standard InChI is InChI=1S/C17H13F2NS/c1-2-12-3-5-13(6-4-12)7-8-14-9-15(18)17(20-11-21)16(19)10-14/h3-10H,2H2,1H3. The molecule has 0 aliphatic rings. The average molecular weight is 301 g/mol. The molecule has 0 saturated heterocycles. The molecule has 0 unspecified atom stereocenters. The van der Waals surface area contributed by atoms with E-state index in [1.165, 1.54) is 17.7 Å². The van der Waals surface area contributed by atoms with Crippen molar-refractivity contribution in [2.75, 3.05) is 0 Å². The zero-order valence-electron chi connectivity index (χ0n) is 11.4. The number of aryl methyl sites for hydroxylation is 1. The van der Waals surface area contributed by atoms with Gasteiger partial charge in [-0.25, -0.2) is 8.78 Å². The first-order valence-corrected chi connectivity index (χ1v) is 6.88. The fourth-order valence-corrected chi connectivity index (χ4v) is 1.98. The molecule has 0 bridgehead atoms. The lowest BCUT2D eigenvalue weighted by molar-refractivity contribution is 0.587. The Hall–Kier alpha value is -2.16. The predicted octanol–water partition coefficient (Wildman–Crippen LogP) is 5.43. The second kappa shape index (κ2) is 7.02. The highest BCUT2D eigenvalue weighted by Gasteiger charge is 2.08. The summed E-state index contributed by atoms with van der Waals surface area (Å²) in [4.78, 5) is 3.37. The van der Waals surface area contributed by atoms with Gasteiger partial charge in [0.05, 0.1) is 5.16 Å². The Morgan fingerprint density at radius 2 is 1.62 bits per heavy atom. The molecule has 0 spiro atoms. The van der Waals surface area contributed by atoms with E-state index in [-0.39, 0.29) is 0 Å². The van der Waals surface area contributed by atoms with E-state index < -0.39 is 17.3 Å². The maximum absolute atomic E-state index is 13.7. The van der Waals surface area contributed by atoms with E-state index in [4.69, 9.17) is 0 Å². The zero-order chi connectivity index (χ0) is 15.2. The molecule has 106 valence electrons. The summed E-state index contributed by atoms with van der Waals surface area (Å²) >= 11 is 4.36. The van der Waals surface area contributed by atoms with Crippen molar-refractivity contribution < 1.29 is 8.78 Å². The predicted molar refractivity (Wildman–Crippen MR) is 85.8 cm³/mol. The minimum atomic E-state index is -0.756. The van der Waals surface area contributed by atoms with E-state index in [1.807, 2.05) is 29.4 Å². The van der Waals surface area contributed by atoms with E-state index >= 15 is 0 Å². The lowest BCUT2D eigenvalue weighted by atomic mass is 10.1. The lowest BCUT2D eigenvalue weighted by Gasteiger charge is -2.01. The highest BCUT2D eigenvalue weighted by Crippen LogP contribution is 2.24. The van der Waals surface area contributed by atoms with Gasteiger partial charge in [-0.15, -0.1) is 0 Å². The Bertz CT molecular complexity index is 691. The van der Waals surface area contributed by atoms with Gasteiger partial charge in [-0.05, 0) is 47.5 Å². The first kappa shape index (κ1) is 15.2. The molecule has 2 rings (SSSR count). The second-order valence-corrected chi connectivity index (χ2v) is 4.65. The van der Waals surface area contributed by atoms with E-state index in [0.29, 0.717) is 5.56 Å². The molecule has 0 heterocycles. The molecule has 1 nitrogen and oxygen atoms in total. The van der Waals surface area contributed by atoms with Gasteiger partial charge in [0.2, 0.25) is 0 Å². The van der Waals surface area contributed by atoms with Crippen LogP contribution in [0, 0.1) is 11.6 Å². The zero-order valence-corrected chi connectivity index (χ0v) is 12.3. The first-order chi connectivity index (χ1) is 10.1. The highest BCUT2D eigenvalue weighted by molar-refractivity contribution is 7.78. The molecule has 2 aromatic carbocycles. The van der Waals surface area contributed by atoms with Gasteiger partial charge in [-0.2, -0.15) is 4.99 Å². The Labute approximate surface area is 127 Å². The van der Waals surface area contributed by atoms with Crippen molar-refractivity contribution in [1.82, 2.24) is 0 Å². The van der Waals surface area contributed by atoms with Crippen molar-refractivity contribution in [1.29, 1.82) is 0 Å². The van der Waals surface area contributed by atoms with E-state index in [2.05, 4.69) is 24.1 Å². The van der Waals surface area contributed by atoms with Gasteiger partial charge in [0.15, 0.2) is 11.6 Å². The number of nitrogens with zero attached hydrogens (tertiary/aromatic N) is 1. The van der Waals surface area contributed by atoms with Crippen LogP contribution in [-0.2, 0) is 6.42 Å². The summed E-state index contributed by atoms with van der Waals surface area (Å²) < 4.78 is 27.3. The highest BCUT2D eigenvalue weighted by atomic mass is 32.1. The third-order valence-electron chi connectivity index (χ3n) is 3.05. The lowest BCUT2D eigenvalue weighted by Crippen LogP contribution is -1.85. The average Bonchev–Trinajstić information content (AvgIpc) is 2.49. The van der Waals surface area contributed by atoms with Crippen LogP contribution in [-0.4, -0.2) is 5.16 Å². The SMILES string of the molecule is CCc1ccc(C=Cc2cc(F)c(N=C=S)c(F)c2)cc1. The van der Waals surface area contributed by atoms with Crippen LogP contribution in [0.4, 0.5) is 14.5 Å². The van der Waals surface area contributed by atoms with Crippen LogP contribution < -0.4 is 0 Å². The first-order valence-electron chi connectivity index (χ1n) is 6.48. The van der Waals surface area contributed by atoms with Crippen molar-refractivity contribution in [3.05, 3.63) is 64.7 Å². The smallest absolute Gasteiger partial charge is 0.153 e. The van der Waals surface area contributed by atoms with Gasteiger partial charge in [0, 0.05) is 0 Å². The van der Waals surface area contributed by atoms with Crippen LogP contribution in [0.5, 0.6) is 0 Å². The summed E-state index contributed by atoms with van der Waals surface area (Å²) in [5, 5.41) is 1.96. The molecule has 0 aliphatic carbocycles. The molecular weight excluding hydrogens is 288 g/mol. The minimum Gasteiger partial charge on any atom is -0.204 e. The molecular formula is C17H13F2NS. The Balaban J connectivity index is 2.26. The van der Waals surface area contributed by atoms with Crippen molar-refractivity contribution in [2.45, 2.75) is 13.3 Å². The summed E-state index contributed by atoms with van der Waals surface area (Å²) in [7, 11) is 0. The largest absolute Gasteiger partial charge is 0.204 e. The number of hydrogen-bond acceptors (Lipinski definition) is 2.